The smallest absolute Gasteiger partial charge is 0.144 e. The minimum atomic E-state index is 0.451. The zero-order valence-electron chi connectivity index (χ0n) is 11.7. The number of hydrogen-bond acceptors (Lipinski definition) is 5. The lowest BCUT2D eigenvalue weighted by atomic mass is 10.4. The maximum Gasteiger partial charge on any atom is 0.144 e. The van der Waals surface area contributed by atoms with Crippen LogP contribution in [-0.2, 0) is 17.1 Å². The summed E-state index contributed by atoms with van der Waals surface area (Å²) in [5, 5.41) is 3.07. The molecule has 0 unspecified atom stereocenters. The van der Waals surface area contributed by atoms with Gasteiger partial charge in [-0.1, -0.05) is 22.0 Å². The highest BCUT2D eigenvalue weighted by atomic mass is 79.9. The summed E-state index contributed by atoms with van der Waals surface area (Å²) < 4.78 is 7.10. The number of halogens is 2. The topological polar surface area (TPSA) is 47.0 Å². The van der Waals surface area contributed by atoms with Gasteiger partial charge >= 0.3 is 0 Å². The van der Waals surface area contributed by atoms with Gasteiger partial charge in [0, 0.05) is 23.5 Å². The Hall–Kier alpha value is -0.630. The molecule has 0 radical (unpaired) electrons. The van der Waals surface area contributed by atoms with E-state index in [1.807, 2.05) is 19.2 Å². The van der Waals surface area contributed by atoms with E-state index in [0.29, 0.717) is 12.4 Å². The second-order valence-electron chi connectivity index (χ2n) is 4.18. The van der Waals surface area contributed by atoms with Crippen LogP contribution in [0.4, 0.5) is 5.82 Å². The normalized spacial score (nSPS) is 10.7. The minimum Gasteiger partial charge on any atom is -0.378 e. The third kappa shape index (κ3) is 4.67. The predicted octanol–water partition coefficient (Wildman–Crippen LogP) is 4.48. The molecule has 2 rings (SSSR count). The van der Waals surface area contributed by atoms with E-state index in [1.54, 1.807) is 18.9 Å². The van der Waals surface area contributed by atoms with E-state index in [2.05, 4.69) is 59.3 Å². The van der Waals surface area contributed by atoms with E-state index in [9.17, 15) is 0 Å². The van der Waals surface area contributed by atoms with Crippen LogP contribution in [0.2, 0.25) is 0 Å². The van der Waals surface area contributed by atoms with Gasteiger partial charge in [0.05, 0.1) is 22.5 Å². The van der Waals surface area contributed by atoms with Gasteiger partial charge in [0.2, 0.25) is 0 Å². The molecule has 0 aliphatic carbocycles. The van der Waals surface area contributed by atoms with Crippen molar-refractivity contribution in [3.8, 4) is 0 Å². The number of rotatable bonds is 6. The molecule has 4 nitrogen and oxygen atoms in total. The molecule has 0 saturated heterocycles. The number of nitrogens with one attached hydrogen (secondary N) is 1. The van der Waals surface area contributed by atoms with Gasteiger partial charge in [-0.2, -0.15) is 0 Å². The van der Waals surface area contributed by atoms with E-state index in [4.69, 9.17) is 4.74 Å². The lowest BCUT2D eigenvalue weighted by Crippen LogP contribution is -2.05. The van der Waals surface area contributed by atoms with Crippen LogP contribution in [0.15, 0.2) is 38.1 Å². The SMILES string of the molecule is CNc1nc(CSc2cccc(Br)c2)nc(COC)c1Br. The van der Waals surface area contributed by atoms with E-state index in [-0.39, 0.29) is 0 Å². The fourth-order valence-electron chi connectivity index (χ4n) is 1.71. The Bertz CT molecular complexity index is 625. The van der Waals surface area contributed by atoms with Crippen LogP contribution >= 0.6 is 43.6 Å². The van der Waals surface area contributed by atoms with Gasteiger partial charge in [-0.15, -0.1) is 11.8 Å². The van der Waals surface area contributed by atoms with Crippen LogP contribution in [0.25, 0.3) is 0 Å². The van der Waals surface area contributed by atoms with E-state index in [1.165, 1.54) is 4.90 Å². The van der Waals surface area contributed by atoms with Gasteiger partial charge in [0.1, 0.15) is 11.6 Å². The molecule has 0 aliphatic rings. The van der Waals surface area contributed by atoms with Crippen LogP contribution in [0, 0.1) is 0 Å². The van der Waals surface area contributed by atoms with Crippen LogP contribution in [-0.4, -0.2) is 24.1 Å². The first-order valence-corrected chi connectivity index (χ1v) is 8.81. The fourth-order valence-corrected chi connectivity index (χ4v) is 3.56. The number of nitrogens with zero attached hydrogens (tertiary/aromatic N) is 2. The standard InChI is InChI=1S/C14H15Br2N3OS/c1-17-14-13(16)11(7-20-2)18-12(19-14)8-21-10-5-3-4-9(15)6-10/h3-6H,7-8H2,1-2H3,(H,17,18,19). The number of benzene rings is 1. The maximum atomic E-state index is 5.18. The first-order chi connectivity index (χ1) is 10.1. The largest absolute Gasteiger partial charge is 0.378 e. The monoisotopic (exact) mass is 431 g/mol. The average Bonchev–Trinajstić information content (AvgIpc) is 2.48. The van der Waals surface area contributed by atoms with Gasteiger partial charge in [0.25, 0.3) is 0 Å². The molecule has 1 aromatic heterocycles. The molecule has 0 spiro atoms. The lowest BCUT2D eigenvalue weighted by Gasteiger charge is -2.10. The number of ether oxygens (including phenoxy) is 1. The zero-order chi connectivity index (χ0) is 15.2. The van der Waals surface area contributed by atoms with Crippen LogP contribution in [0.5, 0.6) is 0 Å². The van der Waals surface area contributed by atoms with Crippen molar-refractivity contribution in [3.05, 3.63) is 44.7 Å². The van der Waals surface area contributed by atoms with Crippen molar-refractivity contribution in [1.82, 2.24) is 9.97 Å². The molecule has 0 atom stereocenters. The number of hydrogen-bond donors (Lipinski definition) is 1. The van der Waals surface area contributed by atoms with Crippen molar-refractivity contribution >= 4 is 49.4 Å². The molecule has 0 fully saturated rings. The summed E-state index contributed by atoms with van der Waals surface area (Å²) in [6.07, 6.45) is 0. The molecule has 0 bridgehead atoms. The summed E-state index contributed by atoms with van der Waals surface area (Å²) in [7, 11) is 3.50. The second-order valence-corrected chi connectivity index (χ2v) is 6.94. The Kier molecular flexibility index (Phi) is 6.47. The fraction of sp³-hybridized carbons (Fsp3) is 0.286. The summed E-state index contributed by atoms with van der Waals surface area (Å²) in [5.41, 5.74) is 0.849. The maximum absolute atomic E-state index is 5.18. The molecule has 1 aromatic carbocycles. The van der Waals surface area contributed by atoms with Gasteiger partial charge in [-0.25, -0.2) is 9.97 Å². The van der Waals surface area contributed by atoms with E-state index in [0.717, 1.165) is 26.3 Å². The molecular formula is C14H15Br2N3OS. The molecule has 21 heavy (non-hydrogen) atoms. The molecule has 2 aromatic rings. The van der Waals surface area contributed by atoms with Gasteiger partial charge in [-0.3, -0.25) is 0 Å². The molecule has 0 amide bonds. The predicted molar refractivity (Wildman–Crippen MR) is 93.7 cm³/mol. The van der Waals surface area contributed by atoms with Crippen molar-refractivity contribution in [2.45, 2.75) is 17.3 Å². The Labute approximate surface area is 145 Å². The number of methoxy groups -OCH3 is 1. The molecule has 1 heterocycles. The summed E-state index contributed by atoms with van der Waals surface area (Å²) in [6, 6.07) is 8.18. The highest BCUT2D eigenvalue weighted by Gasteiger charge is 2.11. The van der Waals surface area contributed by atoms with Gasteiger partial charge in [0.15, 0.2) is 0 Å². The summed E-state index contributed by atoms with van der Waals surface area (Å²) >= 11 is 8.68. The highest BCUT2D eigenvalue weighted by molar-refractivity contribution is 9.11. The Morgan fingerprint density at radius 1 is 1.29 bits per heavy atom. The van der Waals surface area contributed by atoms with Crippen molar-refractivity contribution < 1.29 is 4.74 Å². The number of anilines is 1. The summed E-state index contributed by atoms with van der Waals surface area (Å²) in [6.45, 7) is 0.451. The van der Waals surface area contributed by atoms with Crippen molar-refractivity contribution in [1.29, 1.82) is 0 Å². The Balaban J connectivity index is 2.17. The molecule has 0 saturated carbocycles. The summed E-state index contributed by atoms with van der Waals surface area (Å²) in [4.78, 5) is 10.2. The highest BCUT2D eigenvalue weighted by Crippen LogP contribution is 2.28. The van der Waals surface area contributed by atoms with E-state index < -0.39 is 0 Å². The van der Waals surface area contributed by atoms with Crippen LogP contribution in [0.1, 0.15) is 11.5 Å². The molecule has 0 aliphatic heterocycles. The molecular weight excluding hydrogens is 418 g/mol. The lowest BCUT2D eigenvalue weighted by molar-refractivity contribution is 0.180. The molecule has 1 N–H and O–H groups in total. The van der Waals surface area contributed by atoms with Crippen molar-refractivity contribution in [2.75, 3.05) is 19.5 Å². The van der Waals surface area contributed by atoms with Crippen LogP contribution in [0.3, 0.4) is 0 Å². The van der Waals surface area contributed by atoms with Crippen molar-refractivity contribution in [3.63, 3.8) is 0 Å². The third-order valence-electron chi connectivity index (χ3n) is 2.65. The first-order valence-electron chi connectivity index (χ1n) is 6.24. The quantitative estimate of drug-likeness (QED) is 0.681. The number of aromatic nitrogens is 2. The van der Waals surface area contributed by atoms with Crippen molar-refractivity contribution in [2.24, 2.45) is 0 Å². The van der Waals surface area contributed by atoms with Gasteiger partial charge in [-0.05, 0) is 34.1 Å². The Morgan fingerprint density at radius 2 is 2.10 bits per heavy atom. The zero-order valence-corrected chi connectivity index (χ0v) is 15.7. The molecule has 112 valence electrons. The molecule has 7 heteroatoms. The number of thioether (sulfide) groups is 1. The Morgan fingerprint density at radius 3 is 2.76 bits per heavy atom. The average molecular weight is 433 g/mol. The minimum absolute atomic E-state index is 0.451. The van der Waals surface area contributed by atoms with Crippen LogP contribution < -0.4 is 5.32 Å². The van der Waals surface area contributed by atoms with E-state index >= 15 is 0 Å². The van der Waals surface area contributed by atoms with Gasteiger partial charge < -0.3 is 10.1 Å². The summed E-state index contributed by atoms with van der Waals surface area (Å²) in [5.74, 6) is 2.26. The second kappa shape index (κ2) is 8.12. The first kappa shape index (κ1) is 16.7. The third-order valence-corrected chi connectivity index (χ3v) is 4.96.